The lowest BCUT2D eigenvalue weighted by Crippen LogP contribution is -1.99. The number of carbonyl (C=O) groups excluding carboxylic acids is 1. The van der Waals surface area contributed by atoms with Gasteiger partial charge in [0.15, 0.2) is 5.78 Å². The van der Waals surface area contributed by atoms with Crippen molar-refractivity contribution in [1.82, 2.24) is 0 Å². The highest BCUT2D eigenvalue weighted by atomic mass is 35.5. The van der Waals surface area contributed by atoms with Crippen LogP contribution >= 0.6 is 11.6 Å². The molecule has 0 aliphatic carbocycles. The van der Waals surface area contributed by atoms with E-state index >= 15 is 0 Å². The third-order valence-corrected chi connectivity index (χ3v) is 2.24. The Morgan fingerprint density at radius 3 is 2.54 bits per heavy atom. The summed E-state index contributed by atoms with van der Waals surface area (Å²) in [5, 5.41) is 0.532. The Morgan fingerprint density at radius 2 is 2.08 bits per heavy atom. The molecule has 0 unspecified atom stereocenters. The second-order valence-electron chi connectivity index (χ2n) is 2.81. The van der Waals surface area contributed by atoms with Crippen LogP contribution in [0.25, 0.3) is 0 Å². The topological polar surface area (TPSA) is 26.3 Å². The summed E-state index contributed by atoms with van der Waals surface area (Å²) in [5.74, 6) is 0.599. The van der Waals surface area contributed by atoms with Crippen LogP contribution in [-0.4, -0.2) is 12.9 Å². The predicted molar refractivity (Wildman–Crippen MR) is 52.7 cm³/mol. The Kier molecular flexibility index (Phi) is 2.94. The molecular formula is C10H11ClO2. The maximum absolute atomic E-state index is 11.1. The van der Waals surface area contributed by atoms with Gasteiger partial charge >= 0.3 is 0 Å². The fraction of sp³-hybridized carbons (Fsp3) is 0.300. The summed E-state index contributed by atoms with van der Waals surface area (Å²) in [6.07, 6.45) is 0. The molecule has 3 heteroatoms. The van der Waals surface area contributed by atoms with Gasteiger partial charge in [0.05, 0.1) is 12.1 Å². The number of benzene rings is 1. The SMILES string of the molecule is COc1c(Cl)ccc(C(C)=O)c1C. The quantitative estimate of drug-likeness (QED) is 0.684. The smallest absolute Gasteiger partial charge is 0.160 e. The maximum atomic E-state index is 11.1. The second-order valence-corrected chi connectivity index (χ2v) is 3.22. The van der Waals surface area contributed by atoms with Crippen molar-refractivity contribution in [3.05, 3.63) is 28.3 Å². The number of ether oxygens (including phenoxy) is 1. The van der Waals surface area contributed by atoms with Gasteiger partial charge in [0.1, 0.15) is 5.75 Å². The van der Waals surface area contributed by atoms with E-state index in [2.05, 4.69) is 0 Å². The number of carbonyl (C=O) groups is 1. The van der Waals surface area contributed by atoms with E-state index in [4.69, 9.17) is 16.3 Å². The molecular weight excluding hydrogens is 188 g/mol. The third-order valence-electron chi connectivity index (χ3n) is 1.94. The zero-order valence-corrected chi connectivity index (χ0v) is 8.61. The molecule has 0 heterocycles. The van der Waals surface area contributed by atoms with E-state index in [1.807, 2.05) is 6.92 Å². The molecule has 0 bridgehead atoms. The maximum Gasteiger partial charge on any atom is 0.160 e. The highest BCUT2D eigenvalue weighted by Crippen LogP contribution is 2.30. The van der Waals surface area contributed by atoms with Crippen molar-refractivity contribution >= 4 is 17.4 Å². The Hall–Kier alpha value is -1.02. The van der Waals surface area contributed by atoms with Crippen LogP contribution in [0, 0.1) is 6.92 Å². The van der Waals surface area contributed by atoms with E-state index in [1.54, 1.807) is 12.1 Å². The summed E-state index contributed by atoms with van der Waals surface area (Å²) in [5.41, 5.74) is 1.45. The molecule has 1 aromatic carbocycles. The summed E-state index contributed by atoms with van der Waals surface area (Å²) in [6, 6.07) is 3.38. The number of Topliss-reactive ketones (excluding diaryl/α,β-unsaturated/α-hetero) is 1. The number of rotatable bonds is 2. The lowest BCUT2D eigenvalue weighted by Gasteiger charge is -2.09. The van der Waals surface area contributed by atoms with Gasteiger partial charge < -0.3 is 4.74 Å². The summed E-state index contributed by atoms with van der Waals surface area (Å²) in [4.78, 5) is 11.1. The van der Waals surface area contributed by atoms with Crippen LogP contribution in [0.3, 0.4) is 0 Å². The first-order valence-electron chi connectivity index (χ1n) is 3.92. The third kappa shape index (κ3) is 1.83. The van der Waals surface area contributed by atoms with Crippen molar-refractivity contribution in [3.8, 4) is 5.75 Å². The van der Waals surface area contributed by atoms with Crippen LogP contribution < -0.4 is 4.74 Å². The number of hydrogen-bond donors (Lipinski definition) is 0. The van der Waals surface area contributed by atoms with E-state index < -0.39 is 0 Å². The minimum Gasteiger partial charge on any atom is -0.495 e. The zero-order chi connectivity index (χ0) is 10.0. The summed E-state index contributed by atoms with van der Waals surface area (Å²) in [6.45, 7) is 3.34. The zero-order valence-electron chi connectivity index (χ0n) is 7.85. The first-order valence-corrected chi connectivity index (χ1v) is 4.29. The molecule has 70 valence electrons. The normalized spacial score (nSPS) is 9.85. The van der Waals surface area contributed by atoms with E-state index in [-0.39, 0.29) is 5.78 Å². The van der Waals surface area contributed by atoms with Crippen molar-refractivity contribution < 1.29 is 9.53 Å². The molecule has 0 aliphatic rings. The molecule has 0 spiro atoms. The number of halogens is 1. The highest BCUT2D eigenvalue weighted by Gasteiger charge is 2.11. The molecule has 0 aliphatic heterocycles. The van der Waals surface area contributed by atoms with Crippen molar-refractivity contribution in [1.29, 1.82) is 0 Å². The minimum atomic E-state index is 0.0208. The molecule has 0 radical (unpaired) electrons. The van der Waals surface area contributed by atoms with Gasteiger partial charge in [-0.15, -0.1) is 0 Å². The lowest BCUT2D eigenvalue weighted by atomic mass is 10.0. The van der Waals surface area contributed by atoms with Crippen LogP contribution in [0.5, 0.6) is 5.75 Å². The van der Waals surface area contributed by atoms with E-state index in [0.717, 1.165) is 5.56 Å². The van der Waals surface area contributed by atoms with Gasteiger partial charge in [-0.05, 0) is 26.0 Å². The highest BCUT2D eigenvalue weighted by molar-refractivity contribution is 6.32. The molecule has 1 aromatic rings. The molecule has 0 saturated carbocycles. The van der Waals surface area contributed by atoms with E-state index in [9.17, 15) is 4.79 Å². The summed E-state index contributed by atoms with van der Waals surface area (Å²) in [7, 11) is 1.54. The summed E-state index contributed by atoms with van der Waals surface area (Å²) >= 11 is 5.87. The number of ketones is 1. The molecule has 0 amide bonds. The first-order chi connectivity index (χ1) is 6.07. The molecule has 0 fully saturated rings. The van der Waals surface area contributed by atoms with Gasteiger partial charge in [0.25, 0.3) is 0 Å². The number of methoxy groups -OCH3 is 1. The average Bonchev–Trinajstić information content (AvgIpc) is 2.04. The van der Waals surface area contributed by atoms with Crippen LogP contribution in [0.1, 0.15) is 22.8 Å². The Bertz CT molecular complexity index is 345. The number of hydrogen-bond acceptors (Lipinski definition) is 2. The fourth-order valence-electron chi connectivity index (χ4n) is 1.29. The largest absolute Gasteiger partial charge is 0.495 e. The standard InChI is InChI=1S/C10H11ClO2/c1-6-8(7(2)12)4-5-9(11)10(6)13-3/h4-5H,1-3H3. The predicted octanol–water partition coefficient (Wildman–Crippen LogP) is 2.86. The van der Waals surface area contributed by atoms with Crippen molar-refractivity contribution in [2.75, 3.05) is 7.11 Å². The Labute approximate surface area is 82.5 Å². The first kappa shape index (κ1) is 10.1. The lowest BCUT2D eigenvalue weighted by molar-refractivity contribution is 0.101. The molecule has 0 N–H and O–H groups in total. The van der Waals surface area contributed by atoms with E-state index in [0.29, 0.717) is 16.3 Å². The molecule has 2 nitrogen and oxygen atoms in total. The molecule has 0 atom stereocenters. The van der Waals surface area contributed by atoms with Gasteiger partial charge in [-0.3, -0.25) is 4.79 Å². The van der Waals surface area contributed by atoms with Gasteiger partial charge in [-0.2, -0.15) is 0 Å². The van der Waals surface area contributed by atoms with Gasteiger partial charge in [0.2, 0.25) is 0 Å². The van der Waals surface area contributed by atoms with Crippen molar-refractivity contribution in [2.24, 2.45) is 0 Å². The molecule has 1 rings (SSSR count). The Balaban J connectivity index is 3.35. The average molecular weight is 199 g/mol. The van der Waals surface area contributed by atoms with Crippen LogP contribution in [0.4, 0.5) is 0 Å². The van der Waals surface area contributed by atoms with Crippen LogP contribution in [0.15, 0.2) is 12.1 Å². The minimum absolute atomic E-state index is 0.0208. The Morgan fingerprint density at radius 1 is 1.46 bits per heavy atom. The fourth-order valence-corrected chi connectivity index (χ4v) is 1.57. The van der Waals surface area contributed by atoms with Gasteiger partial charge in [0, 0.05) is 11.1 Å². The molecule has 0 saturated heterocycles. The molecule has 0 aromatic heterocycles. The van der Waals surface area contributed by atoms with Crippen molar-refractivity contribution in [2.45, 2.75) is 13.8 Å². The molecule has 13 heavy (non-hydrogen) atoms. The van der Waals surface area contributed by atoms with Crippen LogP contribution in [-0.2, 0) is 0 Å². The van der Waals surface area contributed by atoms with Crippen molar-refractivity contribution in [3.63, 3.8) is 0 Å². The van der Waals surface area contributed by atoms with Gasteiger partial charge in [-0.1, -0.05) is 11.6 Å². The van der Waals surface area contributed by atoms with Crippen LogP contribution in [0.2, 0.25) is 5.02 Å². The monoisotopic (exact) mass is 198 g/mol. The summed E-state index contributed by atoms with van der Waals surface area (Å²) < 4.78 is 5.08. The van der Waals surface area contributed by atoms with Gasteiger partial charge in [-0.25, -0.2) is 0 Å². The second kappa shape index (κ2) is 3.79. The van der Waals surface area contributed by atoms with E-state index in [1.165, 1.54) is 14.0 Å².